The molecule has 2 aromatic heterocycles. The zero-order valence-corrected chi connectivity index (χ0v) is 18.3. The van der Waals surface area contributed by atoms with E-state index in [0.29, 0.717) is 40.4 Å². The fraction of sp³-hybridized carbons (Fsp3) is 0.182. The summed E-state index contributed by atoms with van der Waals surface area (Å²) in [7, 11) is 0. The van der Waals surface area contributed by atoms with Crippen LogP contribution in [0.5, 0.6) is 0 Å². The number of rotatable bonds is 7. The van der Waals surface area contributed by atoms with Gasteiger partial charge in [-0.15, -0.1) is 0 Å². The van der Waals surface area contributed by atoms with E-state index in [0.717, 1.165) is 0 Å². The first-order chi connectivity index (χ1) is 15.9. The summed E-state index contributed by atoms with van der Waals surface area (Å²) in [5.74, 6) is -0.0236. The summed E-state index contributed by atoms with van der Waals surface area (Å²) in [5.41, 5.74) is 0.685. The molecule has 0 unspecified atom stereocenters. The molecular weight excluding hydrogens is 448 g/mol. The van der Waals surface area contributed by atoms with Gasteiger partial charge >= 0.3 is 0 Å². The van der Waals surface area contributed by atoms with E-state index >= 15 is 0 Å². The molecule has 0 aliphatic carbocycles. The molecule has 0 bridgehead atoms. The molecule has 1 N–H and O–H groups in total. The van der Waals surface area contributed by atoms with Crippen LogP contribution >= 0.6 is 11.6 Å². The van der Waals surface area contributed by atoms with Gasteiger partial charge in [0.05, 0.1) is 28.1 Å². The summed E-state index contributed by atoms with van der Waals surface area (Å²) in [6, 6.07) is 12.3. The molecule has 168 valence electrons. The van der Waals surface area contributed by atoms with E-state index in [-0.39, 0.29) is 29.4 Å². The maximum atomic E-state index is 13.2. The molecule has 0 radical (unpaired) electrons. The zero-order chi connectivity index (χ0) is 23.5. The Balaban J connectivity index is 1.61. The van der Waals surface area contributed by atoms with Gasteiger partial charge in [-0.2, -0.15) is 5.10 Å². The third kappa shape index (κ3) is 4.75. The molecule has 0 spiro atoms. The number of non-ortho nitro benzene ring substituents is 1. The van der Waals surface area contributed by atoms with Crippen LogP contribution in [0, 0.1) is 10.1 Å². The number of nitro groups is 1. The smallest absolute Gasteiger partial charge is 0.274 e. The Kier molecular flexibility index (Phi) is 6.18. The molecule has 0 aliphatic heterocycles. The summed E-state index contributed by atoms with van der Waals surface area (Å²) >= 11 is 6.02. The monoisotopic (exact) mass is 466 g/mol. The van der Waals surface area contributed by atoms with Gasteiger partial charge in [-0.25, -0.2) is 9.67 Å². The molecule has 11 heteroatoms. The maximum absolute atomic E-state index is 13.2. The van der Waals surface area contributed by atoms with Crippen molar-refractivity contribution in [3.63, 3.8) is 0 Å². The van der Waals surface area contributed by atoms with E-state index in [1.165, 1.54) is 21.7 Å². The van der Waals surface area contributed by atoms with Gasteiger partial charge in [-0.3, -0.25) is 19.7 Å². The Hall–Kier alpha value is -4.05. The number of hydrogen-bond acceptors (Lipinski definition) is 6. The summed E-state index contributed by atoms with van der Waals surface area (Å²) in [6.45, 7) is 2.42. The lowest BCUT2D eigenvalue weighted by atomic mass is 10.2. The lowest BCUT2D eigenvalue weighted by Gasteiger charge is -2.20. The molecule has 2 heterocycles. The van der Waals surface area contributed by atoms with E-state index in [4.69, 9.17) is 11.6 Å². The first-order valence-electron chi connectivity index (χ1n) is 10.1. The number of carbonyl (C=O) groups is 1. The standard InChI is InChI=1S/C22H19ClN6O4/c1-2-9-27(13-20-24-19-11-14(23)6-7-17(19)21(30)25-20)22(31)18-8-10-28(26-18)15-4-3-5-16(12-15)29(32)33/h3-8,10-12H,2,9,13H2,1H3,(H,24,25,30). The average molecular weight is 467 g/mol. The lowest BCUT2D eigenvalue weighted by Crippen LogP contribution is -2.33. The highest BCUT2D eigenvalue weighted by atomic mass is 35.5. The molecule has 10 nitrogen and oxygen atoms in total. The molecule has 1 amide bonds. The van der Waals surface area contributed by atoms with Crippen molar-refractivity contribution in [1.82, 2.24) is 24.6 Å². The Morgan fingerprint density at radius 2 is 2.06 bits per heavy atom. The second-order valence-electron chi connectivity index (χ2n) is 7.32. The molecular formula is C22H19ClN6O4. The molecule has 0 saturated heterocycles. The fourth-order valence-corrected chi connectivity index (χ4v) is 3.60. The zero-order valence-electron chi connectivity index (χ0n) is 17.6. The van der Waals surface area contributed by atoms with E-state index in [1.807, 2.05) is 6.92 Å². The summed E-state index contributed by atoms with van der Waals surface area (Å²) in [5, 5.41) is 16.2. The molecule has 0 atom stereocenters. The van der Waals surface area contributed by atoms with Crippen molar-refractivity contribution in [1.29, 1.82) is 0 Å². The number of amides is 1. The first-order valence-corrected chi connectivity index (χ1v) is 10.5. The van der Waals surface area contributed by atoms with Crippen molar-refractivity contribution in [3.05, 3.63) is 91.7 Å². The van der Waals surface area contributed by atoms with Crippen molar-refractivity contribution in [3.8, 4) is 5.69 Å². The van der Waals surface area contributed by atoms with Crippen LogP contribution in [0.1, 0.15) is 29.7 Å². The van der Waals surface area contributed by atoms with Crippen LogP contribution in [-0.2, 0) is 6.54 Å². The Bertz CT molecular complexity index is 1410. The van der Waals surface area contributed by atoms with Gasteiger partial charge in [0.25, 0.3) is 17.2 Å². The third-order valence-corrected chi connectivity index (χ3v) is 5.19. The topological polar surface area (TPSA) is 127 Å². The van der Waals surface area contributed by atoms with E-state index in [1.54, 1.807) is 42.6 Å². The number of carbonyl (C=O) groups excluding carboxylic acids is 1. The van der Waals surface area contributed by atoms with Gasteiger partial charge in [-0.1, -0.05) is 24.6 Å². The number of hydrogen-bond donors (Lipinski definition) is 1. The predicted octanol–water partition coefficient (Wildman–Crippen LogP) is 3.72. The molecule has 0 saturated carbocycles. The highest BCUT2D eigenvalue weighted by Crippen LogP contribution is 2.18. The normalized spacial score (nSPS) is 11.0. The van der Waals surface area contributed by atoms with E-state index in [9.17, 15) is 19.7 Å². The van der Waals surface area contributed by atoms with E-state index < -0.39 is 4.92 Å². The maximum Gasteiger partial charge on any atom is 0.274 e. The number of benzene rings is 2. The quantitative estimate of drug-likeness (QED) is 0.326. The van der Waals surface area contributed by atoms with Crippen molar-refractivity contribution in [2.45, 2.75) is 19.9 Å². The number of nitro benzene ring substituents is 1. The molecule has 0 aliphatic rings. The van der Waals surface area contributed by atoms with Gasteiger partial charge in [0.2, 0.25) is 0 Å². The second-order valence-corrected chi connectivity index (χ2v) is 7.76. The lowest BCUT2D eigenvalue weighted by molar-refractivity contribution is -0.384. The minimum absolute atomic E-state index is 0.0741. The van der Waals surface area contributed by atoms with Gasteiger partial charge in [0.15, 0.2) is 5.69 Å². The van der Waals surface area contributed by atoms with Crippen LogP contribution in [0.3, 0.4) is 0 Å². The SMILES string of the molecule is CCCN(Cc1nc2cc(Cl)ccc2c(=O)[nH]1)C(=O)c1ccn(-c2cccc([N+](=O)[O-])c2)n1. The number of halogens is 1. The number of H-pyrrole nitrogens is 1. The second kappa shape index (κ2) is 9.21. The van der Waals surface area contributed by atoms with Crippen molar-refractivity contribution in [2.24, 2.45) is 0 Å². The molecule has 0 fully saturated rings. The fourth-order valence-electron chi connectivity index (χ4n) is 3.43. The van der Waals surface area contributed by atoms with Crippen LogP contribution in [-0.4, -0.2) is 42.0 Å². The van der Waals surface area contributed by atoms with Crippen LogP contribution in [0.2, 0.25) is 5.02 Å². The van der Waals surface area contributed by atoms with E-state index in [2.05, 4.69) is 15.1 Å². The average Bonchev–Trinajstić information content (AvgIpc) is 3.28. The van der Waals surface area contributed by atoms with Gasteiger partial charge < -0.3 is 9.88 Å². The van der Waals surface area contributed by atoms with Crippen LogP contribution < -0.4 is 5.56 Å². The summed E-state index contributed by atoms with van der Waals surface area (Å²) in [4.78, 5) is 44.8. The third-order valence-electron chi connectivity index (χ3n) is 4.95. The summed E-state index contributed by atoms with van der Waals surface area (Å²) < 4.78 is 1.41. The molecule has 4 aromatic rings. The number of nitrogens with zero attached hydrogens (tertiary/aromatic N) is 5. The first kappa shape index (κ1) is 22.2. The number of nitrogens with one attached hydrogen (secondary N) is 1. The highest BCUT2D eigenvalue weighted by molar-refractivity contribution is 6.31. The number of fused-ring (bicyclic) bond motifs is 1. The van der Waals surface area contributed by atoms with Crippen LogP contribution in [0.4, 0.5) is 5.69 Å². The number of aromatic nitrogens is 4. The van der Waals surface area contributed by atoms with Crippen molar-refractivity contribution in [2.75, 3.05) is 6.54 Å². The molecule has 33 heavy (non-hydrogen) atoms. The Morgan fingerprint density at radius 3 is 2.82 bits per heavy atom. The minimum Gasteiger partial charge on any atom is -0.330 e. The Morgan fingerprint density at radius 1 is 1.24 bits per heavy atom. The van der Waals surface area contributed by atoms with Crippen LogP contribution in [0.25, 0.3) is 16.6 Å². The van der Waals surface area contributed by atoms with Crippen LogP contribution in [0.15, 0.2) is 59.5 Å². The van der Waals surface area contributed by atoms with Gasteiger partial charge in [0.1, 0.15) is 5.82 Å². The predicted molar refractivity (Wildman–Crippen MR) is 123 cm³/mol. The van der Waals surface area contributed by atoms with Crippen molar-refractivity contribution >= 4 is 34.1 Å². The molecule has 2 aromatic carbocycles. The van der Waals surface area contributed by atoms with Gasteiger partial charge in [0, 0.05) is 29.9 Å². The minimum atomic E-state index is -0.493. The summed E-state index contributed by atoms with van der Waals surface area (Å²) in [6.07, 6.45) is 2.25. The highest BCUT2D eigenvalue weighted by Gasteiger charge is 2.20. The number of aromatic amines is 1. The van der Waals surface area contributed by atoms with Crippen molar-refractivity contribution < 1.29 is 9.72 Å². The Labute approximate surface area is 192 Å². The molecule has 4 rings (SSSR count). The largest absolute Gasteiger partial charge is 0.330 e. The van der Waals surface area contributed by atoms with Gasteiger partial charge in [-0.05, 0) is 36.8 Å².